The number of carbonyl (C=O) groups is 2. The van der Waals surface area contributed by atoms with Crippen LogP contribution < -0.4 is 0 Å². The summed E-state index contributed by atoms with van der Waals surface area (Å²) in [4.78, 5) is 28.0. The van der Waals surface area contributed by atoms with E-state index in [1.165, 1.54) is 4.90 Å². The molecule has 6 heteroatoms. The van der Waals surface area contributed by atoms with E-state index >= 15 is 0 Å². The zero-order chi connectivity index (χ0) is 16.5. The summed E-state index contributed by atoms with van der Waals surface area (Å²) in [6.07, 6.45) is 0.566. The Kier molecular flexibility index (Phi) is 5.07. The molecule has 0 bridgehead atoms. The molecule has 1 saturated heterocycles. The molecule has 2 aliphatic rings. The molecule has 0 aromatic rings. The van der Waals surface area contributed by atoms with E-state index < -0.39 is 18.4 Å². The fourth-order valence-corrected chi connectivity index (χ4v) is 3.03. The molecule has 0 aromatic heterocycles. The van der Waals surface area contributed by atoms with Crippen molar-refractivity contribution < 1.29 is 18.4 Å². The summed E-state index contributed by atoms with van der Waals surface area (Å²) in [7, 11) is 0. The smallest absolute Gasteiger partial charge is 0.255 e. The van der Waals surface area contributed by atoms with Gasteiger partial charge in [-0.2, -0.15) is 0 Å². The van der Waals surface area contributed by atoms with Crippen LogP contribution in [0.25, 0.3) is 0 Å². The van der Waals surface area contributed by atoms with Crippen molar-refractivity contribution in [3.8, 4) is 0 Å². The van der Waals surface area contributed by atoms with Crippen LogP contribution in [-0.2, 0) is 9.59 Å². The van der Waals surface area contributed by atoms with E-state index in [2.05, 4.69) is 0 Å². The summed E-state index contributed by atoms with van der Waals surface area (Å²) in [5, 5.41) is 0. The predicted octanol–water partition coefficient (Wildman–Crippen LogP) is 2.53. The minimum absolute atomic E-state index is 0.0183. The Morgan fingerprint density at radius 2 is 1.86 bits per heavy atom. The molecule has 2 amide bonds. The molecule has 4 nitrogen and oxygen atoms in total. The van der Waals surface area contributed by atoms with Crippen LogP contribution in [0.2, 0.25) is 0 Å². The van der Waals surface area contributed by atoms with E-state index in [0.717, 1.165) is 19.3 Å². The van der Waals surface area contributed by atoms with E-state index in [1.54, 1.807) is 4.90 Å². The van der Waals surface area contributed by atoms with Gasteiger partial charge < -0.3 is 9.80 Å². The SMILES string of the molecule is CC(C)(C)C(=O)N1CCCC(C(=O)N(CC(F)F)C2CC2)C1. The van der Waals surface area contributed by atoms with Gasteiger partial charge in [-0.25, -0.2) is 8.78 Å². The Bertz CT molecular complexity index is 430. The molecule has 1 aliphatic heterocycles. The van der Waals surface area contributed by atoms with Crippen LogP contribution in [0.4, 0.5) is 8.78 Å². The maximum atomic E-state index is 12.7. The Labute approximate surface area is 130 Å². The standard InChI is InChI=1S/C16H26F2N2O2/c1-16(2,3)15(22)19-8-4-5-11(9-19)14(21)20(10-13(17)18)12-6-7-12/h11-13H,4-10H2,1-3H3. The Hall–Kier alpha value is -1.20. The summed E-state index contributed by atoms with van der Waals surface area (Å²) in [5.41, 5.74) is -0.482. The quantitative estimate of drug-likeness (QED) is 0.799. The molecule has 1 saturated carbocycles. The van der Waals surface area contributed by atoms with Gasteiger partial charge in [-0.1, -0.05) is 20.8 Å². The highest BCUT2D eigenvalue weighted by Gasteiger charge is 2.40. The number of likely N-dealkylation sites (tertiary alicyclic amines) is 1. The van der Waals surface area contributed by atoms with E-state index in [4.69, 9.17) is 0 Å². The minimum atomic E-state index is -2.50. The van der Waals surface area contributed by atoms with Gasteiger partial charge in [0.1, 0.15) is 0 Å². The fourth-order valence-electron chi connectivity index (χ4n) is 3.03. The summed E-state index contributed by atoms with van der Waals surface area (Å²) >= 11 is 0. The highest BCUT2D eigenvalue weighted by atomic mass is 19.3. The largest absolute Gasteiger partial charge is 0.341 e. The van der Waals surface area contributed by atoms with Crippen molar-refractivity contribution in [1.29, 1.82) is 0 Å². The molecular weight excluding hydrogens is 290 g/mol. The molecule has 1 heterocycles. The number of hydrogen-bond acceptors (Lipinski definition) is 2. The third kappa shape index (κ3) is 4.17. The first-order valence-electron chi connectivity index (χ1n) is 8.08. The van der Waals surface area contributed by atoms with Gasteiger partial charge >= 0.3 is 0 Å². The van der Waals surface area contributed by atoms with Crippen molar-refractivity contribution in [2.24, 2.45) is 11.3 Å². The van der Waals surface area contributed by atoms with E-state index in [9.17, 15) is 18.4 Å². The van der Waals surface area contributed by atoms with Crippen molar-refractivity contribution in [1.82, 2.24) is 9.80 Å². The van der Waals surface area contributed by atoms with Gasteiger partial charge in [0.2, 0.25) is 11.8 Å². The van der Waals surface area contributed by atoms with Gasteiger partial charge in [0, 0.05) is 24.5 Å². The molecule has 2 rings (SSSR count). The van der Waals surface area contributed by atoms with Gasteiger partial charge in [-0.05, 0) is 25.7 Å². The molecule has 2 fully saturated rings. The summed E-state index contributed by atoms with van der Waals surface area (Å²) < 4.78 is 25.4. The Balaban J connectivity index is 2.01. The molecule has 0 radical (unpaired) electrons. The van der Waals surface area contributed by atoms with Crippen molar-refractivity contribution in [3.05, 3.63) is 0 Å². The number of nitrogens with zero attached hydrogens (tertiary/aromatic N) is 2. The molecule has 0 spiro atoms. The van der Waals surface area contributed by atoms with Crippen LogP contribution in [0.3, 0.4) is 0 Å². The van der Waals surface area contributed by atoms with Crippen molar-refractivity contribution in [2.75, 3.05) is 19.6 Å². The number of rotatable bonds is 4. The molecule has 1 atom stereocenters. The van der Waals surface area contributed by atoms with Crippen molar-refractivity contribution >= 4 is 11.8 Å². The molecule has 22 heavy (non-hydrogen) atoms. The molecule has 126 valence electrons. The molecule has 0 N–H and O–H groups in total. The number of carbonyl (C=O) groups excluding carboxylic acids is 2. The third-order valence-electron chi connectivity index (χ3n) is 4.30. The fraction of sp³-hybridized carbons (Fsp3) is 0.875. The molecular formula is C16H26F2N2O2. The second kappa shape index (κ2) is 6.50. The second-order valence-electron chi connectivity index (χ2n) is 7.45. The average Bonchev–Trinajstić information content (AvgIpc) is 3.26. The number of halogens is 2. The molecule has 1 aliphatic carbocycles. The van der Waals surface area contributed by atoms with Crippen LogP contribution in [0, 0.1) is 11.3 Å². The lowest BCUT2D eigenvalue weighted by Crippen LogP contribution is -2.50. The lowest BCUT2D eigenvalue weighted by atomic mass is 9.90. The lowest BCUT2D eigenvalue weighted by Gasteiger charge is -2.37. The van der Waals surface area contributed by atoms with E-state index in [-0.39, 0.29) is 23.8 Å². The van der Waals surface area contributed by atoms with Crippen LogP contribution in [-0.4, -0.2) is 53.7 Å². The number of hydrogen-bond donors (Lipinski definition) is 0. The van der Waals surface area contributed by atoms with Gasteiger partial charge in [-0.3, -0.25) is 9.59 Å². The first-order valence-corrected chi connectivity index (χ1v) is 8.08. The highest BCUT2D eigenvalue weighted by molar-refractivity contribution is 5.84. The van der Waals surface area contributed by atoms with Gasteiger partial charge in [0.15, 0.2) is 0 Å². The topological polar surface area (TPSA) is 40.6 Å². The highest BCUT2D eigenvalue weighted by Crippen LogP contribution is 2.31. The predicted molar refractivity (Wildman–Crippen MR) is 79.5 cm³/mol. The zero-order valence-electron chi connectivity index (χ0n) is 13.6. The molecule has 1 unspecified atom stereocenters. The zero-order valence-corrected chi connectivity index (χ0v) is 13.6. The third-order valence-corrected chi connectivity index (χ3v) is 4.30. The van der Waals surface area contributed by atoms with Gasteiger partial charge in [0.05, 0.1) is 12.5 Å². The van der Waals surface area contributed by atoms with Crippen molar-refractivity contribution in [3.63, 3.8) is 0 Å². The van der Waals surface area contributed by atoms with E-state index in [0.29, 0.717) is 19.5 Å². The van der Waals surface area contributed by atoms with Gasteiger partial charge in [0.25, 0.3) is 6.43 Å². The monoisotopic (exact) mass is 316 g/mol. The van der Waals surface area contributed by atoms with Crippen LogP contribution in [0.15, 0.2) is 0 Å². The number of piperidine rings is 1. The van der Waals surface area contributed by atoms with Crippen LogP contribution >= 0.6 is 0 Å². The average molecular weight is 316 g/mol. The second-order valence-corrected chi connectivity index (χ2v) is 7.45. The lowest BCUT2D eigenvalue weighted by molar-refractivity contribution is -0.146. The number of amides is 2. The summed E-state index contributed by atoms with van der Waals surface area (Å²) in [6.45, 7) is 6.10. The number of alkyl halides is 2. The summed E-state index contributed by atoms with van der Waals surface area (Å²) in [5.74, 6) is -0.509. The van der Waals surface area contributed by atoms with Gasteiger partial charge in [-0.15, -0.1) is 0 Å². The normalized spacial score (nSPS) is 22.8. The first kappa shape index (κ1) is 17.2. The Morgan fingerprint density at radius 3 is 2.36 bits per heavy atom. The Morgan fingerprint density at radius 1 is 1.23 bits per heavy atom. The van der Waals surface area contributed by atoms with Crippen molar-refractivity contribution in [2.45, 2.75) is 58.9 Å². The minimum Gasteiger partial charge on any atom is -0.341 e. The first-order chi connectivity index (χ1) is 10.2. The maximum Gasteiger partial charge on any atom is 0.255 e. The summed E-state index contributed by atoms with van der Waals surface area (Å²) in [6, 6.07) is -0.0183. The van der Waals surface area contributed by atoms with E-state index in [1.807, 2.05) is 20.8 Å². The maximum absolute atomic E-state index is 12.7. The molecule has 0 aromatic carbocycles. The van der Waals surface area contributed by atoms with Crippen LogP contribution in [0.1, 0.15) is 46.5 Å². The van der Waals surface area contributed by atoms with Crippen LogP contribution in [0.5, 0.6) is 0 Å².